The minimum atomic E-state index is -1.71. The molecule has 3 aromatic rings. The fourth-order valence-electron chi connectivity index (χ4n) is 7.41. The van der Waals surface area contributed by atoms with E-state index in [2.05, 4.69) is 21.3 Å². The first-order valence-electron chi connectivity index (χ1n) is 20.9. The third-order valence-electron chi connectivity index (χ3n) is 10.5. The number of aliphatic carboxylic acids is 1. The van der Waals surface area contributed by atoms with Gasteiger partial charge in [0.1, 0.15) is 55.2 Å². The second-order valence-corrected chi connectivity index (χ2v) is 16.6. The van der Waals surface area contributed by atoms with Gasteiger partial charge in [-0.1, -0.05) is 51.1 Å². The zero-order valence-corrected chi connectivity index (χ0v) is 36.6. The quantitative estimate of drug-likeness (QED) is 0.0525. The number of carboxylic acid groups (broad SMARTS) is 1. The van der Waals surface area contributed by atoms with Crippen LogP contribution in [-0.4, -0.2) is 129 Å². The number of aromatic nitrogens is 1. The van der Waals surface area contributed by atoms with Crippen molar-refractivity contribution in [3.8, 4) is 11.1 Å². The Morgan fingerprint density at radius 1 is 0.954 bits per heavy atom. The van der Waals surface area contributed by atoms with E-state index in [1.807, 2.05) is 55.7 Å². The Balaban J connectivity index is 1.46. The van der Waals surface area contributed by atoms with Crippen LogP contribution in [0.1, 0.15) is 64.3 Å². The summed E-state index contributed by atoms with van der Waals surface area (Å²) in [4.78, 5) is 103. The lowest BCUT2D eigenvalue weighted by Gasteiger charge is -2.41. The highest BCUT2D eigenvalue weighted by atomic mass is 19.1. The Morgan fingerprint density at radius 3 is 2.28 bits per heavy atom. The van der Waals surface area contributed by atoms with Crippen molar-refractivity contribution in [2.45, 2.75) is 83.7 Å². The number of aliphatic hydroxyl groups is 1. The maximum Gasteiger partial charge on any atom is 0.305 e. The normalized spacial score (nSPS) is 15.4. The molecule has 20 heteroatoms. The molecule has 6 amide bonds. The molecule has 1 aliphatic rings. The molecule has 0 saturated heterocycles. The highest BCUT2D eigenvalue weighted by Gasteiger charge is 2.37. The fourth-order valence-corrected chi connectivity index (χ4v) is 7.41. The number of amides is 6. The molecule has 1 unspecified atom stereocenters. The van der Waals surface area contributed by atoms with Gasteiger partial charge < -0.3 is 56.4 Å². The molecule has 0 saturated carbocycles. The molecule has 0 fully saturated rings. The summed E-state index contributed by atoms with van der Waals surface area (Å²) in [6.45, 7) is 5.67. The molecule has 0 spiro atoms. The molecule has 8 N–H and O–H groups in total. The van der Waals surface area contributed by atoms with Crippen molar-refractivity contribution in [1.29, 1.82) is 0 Å². The van der Waals surface area contributed by atoms with Crippen molar-refractivity contribution in [2.24, 2.45) is 11.1 Å². The predicted molar refractivity (Wildman–Crippen MR) is 232 cm³/mol. The summed E-state index contributed by atoms with van der Waals surface area (Å²) in [5.74, 6) is -7.50. The van der Waals surface area contributed by atoms with Gasteiger partial charge in [-0.25, -0.2) is 8.78 Å². The lowest BCUT2D eigenvalue weighted by molar-refractivity contribution is -0.141. The number of nitrogens with two attached hydrogens (primary N) is 1. The van der Waals surface area contributed by atoms with Crippen LogP contribution in [0.5, 0.6) is 0 Å². The molecule has 0 aliphatic carbocycles. The number of carboxylic acids is 1. The van der Waals surface area contributed by atoms with E-state index in [9.17, 15) is 53.0 Å². The number of benzene rings is 2. The molecule has 2 heterocycles. The van der Waals surface area contributed by atoms with Crippen molar-refractivity contribution in [3.63, 3.8) is 0 Å². The van der Waals surface area contributed by atoms with Crippen LogP contribution in [0, 0.1) is 17.0 Å². The number of nitrogens with one attached hydrogen (secondary N) is 4. The fraction of sp³-hybridized carbons (Fsp3) is 0.422. The summed E-state index contributed by atoms with van der Waals surface area (Å²) < 4.78 is 31.4. The number of hydrogen-bond acceptors (Lipinski definition) is 10. The largest absolute Gasteiger partial charge is 0.481 e. The van der Waals surface area contributed by atoms with Gasteiger partial charge >= 0.3 is 5.97 Å². The first-order valence-corrected chi connectivity index (χ1v) is 20.9. The number of carbonyl (C=O) groups is 8. The molecule has 4 rings (SSSR count). The summed E-state index contributed by atoms with van der Waals surface area (Å²) in [6, 6.07) is 8.17. The van der Waals surface area contributed by atoms with Gasteiger partial charge in [0.2, 0.25) is 35.4 Å². The maximum atomic E-state index is 15.1. The number of aldehydes is 1. The van der Waals surface area contributed by atoms with Crippen molar-refractivity contribution in [2.75, 3.05) is 32.8 Å². The molecule has 5 atom stereocenters. The number of rotatable bonds is 23. The Hall–Kier alpha value is -6.80. The minimum Gasteiger partial charge on any atom is -0.481 e. The first kappa shape index (κ1) is 50.8. The Kier molecular flexibility index (Phi) is 18.2. The van der Waals surface area contributed by atoms with Gasteiger partial charge in [0.05, 0.1) is 12.5 Å². The van der Waals surface area contributed by atoms with E-state index in [0.29, 0.717) is 24.1 Å². The lowest BCUT2D eigenvalue weighted by Crippen LogP contribution is -2.57. The van der Waals surface area contributed by atoms with Gasteiger partial charge in [0, 0.05) is 48.7 Å². The zero-order chi connectivity index (χ0) is 48.0. The van der Waals surface area contributed by atoms with Crippen molar-refractivity contribution >= 4 is 47.7 Å². The van der Waals surface area contributed by atoms with Crippen LogP contribution >= 0.6 is 0 Å². The molecular formula is C45H56F2N8O10. The SMILES string of the molecule is C[C@H](NC(=O)CN1C(=O)C=CC1C=O)C(=O)N[C@H](CC(=O)O)C(=O)N[C@@H](CCN)C(=O)NCCCN(C(=O)CO)[C@@H](c1cc(-c2cc(F)ccc2F)cn1Cc1ccccc1)C(C)(C)C. The van der Waals surface area contributed by atoms with Gasteiger partial charge in [-0.15, -0.1) is 0 Å². The van der Waals surface area contributed by atoms with E-state index < -0.39 is 108 Å². The number of carbonyl (C=O) groups excluding carboxylic acids is 7. The molecule has 65 heavy (non-hydrogen) atoms. The van der Waals surface area contributed by atoms with Gasteiger partial charge in [-0.2, -0.15) is 0 Å². The Bertz CT molecular complexity index is 2250. The van der Waals surface area contributed by atoms with Crippen LogP contribution in [0.25, 0.3) is 11.1 Å². The van der Waals surface area contributed by atoms with E-state index in [1.165, 1.54) is 17.9 Å². The summed E-state index contributed by atoms with van der Waals surface area (Å²) in [5.41, 5.74) is 6.89. The summed E-state index contributed by atoms with van der Waals surface area (Å²) >= 11 is 0. The van der Waals surface area contributed by atoms with Gasteiger partial charge in [-0.3, -0.25) is 33.6 Å². The monoisotopic (exact) mass is 906 g/mol. The van der Waals surface area contributed by atoms with Crippen LogP contribution in [0.15, 0.2) is 72.9 Å². The van der Waals surface area contributed by atoms with Crippen LogP contribution in [0.2, 0.25) is 0 Å². The molecule has 18 nitrogen and oxygen atoms in total. The molecule has 350 valence electrons. The highest BCUT2D eigenvalue weighted by Crippen LogP contribution is 2.41. The van der Waals surface area contributed by atoms with Crippen molar-refractivity contribution in [1.82, 2.24) is 35.6 Å². The summed E-state index contributed by atoms with van der Waals surface area (Å²) in [6.07, 6.45) is 3.71. The van der Waals surface area contributed by atoms with Crippen LogP contribution in [0.4, 0.5) is 8.78 Å². The van der Waals surface area contributed by atoms with Crippen molar-refractivity contribution in [3.05, 3.63) is 95.8 Å². The number of nitrogens with zero attached hydrogens (tertiary/aromatic N) is 3. The van der Waals surface area contributed by atoms with Crippen molar-refractivity contribution < 1.29 is 57.4 Å². The summed E-state index contributed by atoms with van der Waals surface area (Å²) in [7, 11) is 0. The molecule has 0 radical (unpaired) electrons. The molecule has 0 bridgehead atoms. The molecular weight excluding hydrogens is 851 g/mol. The third kappa shape index (κ3) is 14.1. The van der Waals surface area contributed by atoms with Gasteiger partial charge in [-0.05, 0) is 67.6 Å². The standard InChI is InChI=1S/C45H56F2N8O10/c1-27(50-37(58)24-55-31(25-56)12-14-38(55)59)42(63)52-35(21-40(61)62)44(65)51-34(15-16-48)43(64)49-17-8-18-54(39(60)26-57)41(45(2,3)4)36-19-29(32-20-30(46)11-13-33(32)47)23-53(36)22-28-9-6-5-7-10-28/h5-7,9-14,19-20,23,25,27,31,34-35,41,57H,8,15-18,21-22,24,26,48H2,1-4H3,(H,49,64)(H,50,58)(H,51,65)(H,52,63)(H,61,62)/t27-,31?,34-,35+,41-/m0/s1. The average Bonchev–Trinajstić information content (AvgIpc) is 3.82. The number of aliphatic hydroxyl groups excluding tert-OH is 1. The van der Waals surface area contributed by atoms with Crippen LogP contribution in [-0.2, 0) is 44.9 Å². The molecule has 1 aliphatic heterocycles. The molecule has 2 aromatic carbocycles. The second kappa shape index (κ2) is 23.2. The van der Waals surface area contributed by atoms with E-state index >= 15 is 4.39 Å². The average molecular weight is 907 g/mol. The number of halogens is 2. The minimum absolute atomic E-state index is 0.0000371. The van der Waals surface area contributed by atoms with E-state index in [-0.39, 0.29) is 38.0 Å². The lowest BCUT2D eigenvalue weighted by atomic mass is 9.83. The van der Waals surface area contributed by atoms with E-state index in [4.69, 9.17) is 5.73 Å². The Labute approximate surface area is 374 Å². The first-order chi connectivity index (χ1) is 30.8. The Morgan fingerprint density at radius 2 is 1.65 bits per heavy atom. The third-order valence-corrected chi connectivity index (χ3v) is 10.5. The number of hydrogen-bond donors (Lipinski definition) is 7. The molecule has 1 aromatic heterocycles. The van der Waals surface area contributed by atoms with Crippen LogP contribution < -0.4 is 27.0 Å². The zero-order valence-electron chi connectivity index (χ0n) is 36.6. The summed E-state index contributed by atoms with van der Waals surface area (Å²) in [5, 5.41) is 29.4. The smallest absolute Gasteiger partial charge is 0.305 e. The predicted octanol–water partition coefficient (Wildman–Crippen LogP) is 1.16. The highest BCUT2D eigenvalue weighted by molar-refractivity contribution is 5.98. The van der Waals surface area contributed by atoms with Gasteiger partial charge in [0.25, 0.3) is 0 Å². The maximum absolute atomic E-state index is 15.1. The topological polar surface area (TPSA) is 263 Å². The van der Waals surface area contributed by atoms with E-state index in [0.717, 1.165) is 34.7 Å². The second-order valence-electron chi connectivity index (χ2n) is 16.6. The van der Waals surface area contributed by atoms with Gasteiger partial charge in [0.15, 0.2) is 0 Å². The van der Waals surface area contributed by atoms with E-state index in [1.54, 1.807) is 12.3 Å². The van der Waals surface area contributed by atoms with Crippen LogP contribution in [0.3, 0.4) is 0 Å².